The van der Waals surface area contributed by atoms with E-state index in [4.69, 9.17) is 4.74 Å². The van der Waals surface area contributed by atoms with Gasteiger partial charge in [0.25, 0.3) is 0 Å². The second-order valence-corrected chi connectivity index (χ2v) is 5.24. The van der Waals surface area contributed by atoms with E-state index in [1.54, 1.807) is 0 Å². The highest BCUT2D eigenvalue weighted by molar-refractivity contribution is 5.82. The summed E-state index contributed by atoms with van der Waals surface area (Å²) in [7, 11) is 0. The molecule has 1 saturated heterocycles. The van der Waals surface area contributed by atoms with Crippen molar-refractivity contribution in [2.45, 2.75) is 31.3 Å². The molecule has 1 saturated carbocycles. The molecular formula is C15H19NO2. The van der Waals surface area contributed by atoms with Gasteiger partial charge >= 0.3 is 0 Å². The van der Waals surface area contributed by atoms with Gasteiger partial charge in [-0.3, -0.25) is 4.79 Å². The van der Waals surface area contributed by atoms with E-state index >= 15 is 0 Å². The van der Waals surface area contributed by atoms with Crippen molar-refractivity contribution in [2.75, 3.05) is 13.2 Å². The molecule has 1 aliphatic carbocycles. The zero-order valence-corrected chi connectivity index (χ0v) is 10.5. The van der Waals surface area contributed by atoms with Gasteiger partial charge in [0.15, 0.2) is 0 Å². The molecule has 1 N–H and O–H groups in total. The summed E-state index contributed by atoms with van der Waals surface area (Å²) in [5.74, 6) is 0.795. The lowest BCUT2D eigenvalue weighted by atomic mass is 10.1. The van der Waals surface area contributed by atoms with Crippen LogP contribution in [-0.2, 0) is 9.53 Å². The monoisotopic (exact) mass is 245 g/mol. The summed E-state index contributed by atoms with van der Waals surface area (Å²) in [6.07, 6.45) is 3.42. The number of ether oxygens (including phenoxy) is 1. The zero-order chi connectivity index (χ0) is 12.4. The van der Waals surface area contributed by atoms with Gasteiger partial charge in [0.1, 0.15) is 0 Å². The molecule has 3 unspecified atom stereocenters. The number of benzene rings is 1. The Morgan fingerprint density at radius 3 is 2.89 bits per heavy atom. The maximum absolute atomic E-state index is 12.0. The summed E-state index contributed by atoms with van der Waals surface area (Å²) in [6, 6.07) is 10.3. The third kappa shape index (κ3) is 2.56. The van der Waals surface area contributed by atoms with Crippen molar-refractivity contribution >= 4 is 5.91 Å². The molecule has 1 aromatic rings. The van der Waals surface area contributed by atoms with Crippen LogP contribution in [-0.4, -0.2) is 25.2 Å². The molecular weight excluding hydrogens is 226 g/mol. The Kier molecular flexibility index (Phi) is 3.33. The molecule has 18 heavy (non-hydrogen) atoms. The molecule has 1 heterocycles. The van der Waals surface area contributed by atoms with Crippen LogP contribution in [0.25, 0.3) is 0 Å². The first-order valence-corrected chi connectivity index (χ1v) is 6.79. The van der Waals surface area contributed by atoms with Gasteiger partial charge in [-0.2, -0.15) is 0 Å². The Morgan fingerprint density at radius 2 is 2.17 bits per heavy atom. The number of nitrogens with one attached hydrogen (secondary N) is 1. The summed E-state index contributed by atoms with van der Waals surface area (Å²) in [6.45, 7) is 1.52. The molecule has 1 aliphatic heterocycles. The van der Waals surface area contributed by atoms with E-state index < -0.39 is 0 Å². The van der Waals surface area contributed by atoms with Gasteiger partial charge in [0, 0.05) is 19.1 Å². The quantitative estimate of drug-likeness (QED) is 0.882. The molecule has 1 amide bonds. The predicted octanol–water partition coefficient (Wildman–Crippen LogP) is 2.09. The first-order chi connectivity index (χ1) is 8.84. The average molecular weight is 245 g/mol. The van der Waals surface area contributed by atoms with E-state index in [2.05, 4.69) is 17.4 Å². The Morgan fingerprint density at radius 1 is 1.33 bits per heavy atom. The van der Waals surface area contributed by atoms with Gasteiger partial charge in [0.05, 0.1) is 6.10 Å². The maximum atomic E-state index is 12.0. The summed E-state index contributed by atoms with van der Waals surface area (Å²) in [4.78, 5) is 12.0. The number of rotatable bonds is 4. The van der Waals surface area contributed by atoms with Crippen molar-refractivity contribution in [1.82, 2.24) is 5.32 Å². The maximum Gasteiger partial charge on any atom is 0.223 e. The van der Waals surface area contributed by atoms with Gasteiger partial charge in [-0.05, 0) is 30.7 Å². The van der Waals surface area contributed by atoms with Crippen molar-refractivity contribution < 1.29 is 9.53 Å². The lowest BCUT2D eigenvalue weighted by Gasteiger charge is -2.10. The highest BCUT2D eigenvalue weighted by Gasteiger charge is 2.43. The van der Waals surface area contributed by atoms with Crippen LogP contribution in [0.1, 0.15) is 30.7 Å². The SMILES string of the molecule is O=C(NCC1CCCO1)C1CC1c1ccccc1. The molecule has 0 aromatic heterocycles. The van der Waals surface area contributed by atoms with Gasteiger partial charge in [-0.1, -0.05) is 30.3 Å². The third-order valence-corrected chi connectivity index (χ3v) is 3.88. The van der Waals surface area contributed by atoms with Crippen LogP contribution in [0.5, 0.6) is 0 Å². The lowest BCUT2D eigenvalue weighted by Crippen LogP contribution is -2.33. The predicted molar refractivity (Wildman–Crippen MR) is 69.3 cm³/mol. The molecule has 1 aromatic carbocycles. The van der Waals surface area contributed by atoms with Crippen LogP contribution in [0, 0.1) is 5.92 Å². The van der Waals surface area contributed by atoms with Crippen LogP contribution in [0.3, 0.4) is 0 Å². The molecule has 3 atom stereocenters. The van der Waals surface area contributed by atoms with Crippen LogP contribution < -0.4 is 5.32 Å². The molecule has 0 spiro atoms. The normalized spacial score (nSPS) is 30.1. The van der Waals surface area contributed by atoms with Gasteiger partial charge in [0.2, 0.25) is 5.91 Å². The first kappa shape index (κ1) is 11.7. The minimum absolute atomic E-state index is 0.175. The second kappa shape index (κ2) is 5.11. The number of carbonyl (C=O) groups is 1. The smallest absolute Gasteiger partial charge is 0.223 e. The van der Waals surface area contributed by atoms with E-state index in [1.807, 2.05) is 18.2 Å². The second-order valence-electron chi connectivity index (χ2n) is 5.24. The molecule has 96 valence electrons. The van der Waals surface area contributed by atoms with Crippen molar-refractivity contribution in [3.63, 3.8) is 0 Å². The summed E-state index contributed by atoms with van der Waals surface area (Å²) in [5, 5.41) is 3.02. The van der Waals surface area contributed by atoms with E-state index in [9.17, 15) is 4.79 Å². The molecule has 0 radical (unpaired) electrons. The fourth-order valence-corrected chi connectivity index (χ4v) is 2.70. The van der Waals surface area contributed by atoms with Crippen LogP contribution in [0.2, 0.25) is 0 Å². The average Bonchev–Trinajstić information content (AvgIpc) is 3.05. The van der Waals surface area contributed by atoms with Crippen LogP contribution in [0.15, 0.2) is 30.3 Å². The molecule has 3 rings (SSSR count). The standard InChI is InChI=1S/C15H19NO2/c17-15(16-10-12-7-4-8-18-12)14-9-13(14)11-5-2-1-3-6-11/h1-3,5-6,12-14H,4,7-10H2,(H,16,17). The Bertz CT molecular complexity index is 412. The summed E-state index contributed by atoms with van der Waals surface area (Å²) in [5.41, 5.74) is 1.29. The molecule has 3 heteroatoms. The fraction of sp³-hybridized carbons (Fsp3) is 0.533. The highest BCUT2D eigenvalue weighted by atomic mass is 16.5. The Balaban J connectivity index is 1.47. The minimum Gasteiger partial charge on any atom is -0.376 e. The largest absolute Gasteiger partial charge is 0.376 e. The number of hydrogen-bond donors (Lipinski definition) is 1. The lowest BCUT2D eigenvalue weighted by molar-refractivity contribution is -0.122. The van der Waals surface area contributed by atoms with Gasteiger partial charge in [-0.25, -0.2) is 0 Å². The van der Waals surface area contributed by atoms with E-state index in [1.165, 1.54) is 5.56 Å². The Hall–Kier alpha value is -1.35. The van der Waals surface area contributed by atoms with E-state index in [-0.39, 0.29) is 17.9 Å². The fourth-order valence-electron chi connectivity index (χ4n) is 2.70. The highest BCUT2D eigenvalue weighted by Crippen LogP contribution is 2.47. The molecule has 2 aliphatic rings. The number of amides is 1. The van der Waals surface area contributed by atoms with E-state index in [0.29, 0.717) is 12.5 Å². The minimum atomic E-state index is 0.175. The molecule has 3 nitrogen and oxygen atoms in total. The summed E-state index contributed by atoms with van der Waals surface area (Å²) >= 11 is 0. The van der Waals surface area contributed by atoms with Crippen molar-refractivity contribution in [3.05, 3.63) is 35.9 Å². The molecule has 0 bridgehead atoms. The number of hydrogen-bond acceptors (Lipinski definition) is 2. The third-order valence-electron chi connectivity index (χ3n) is 3.88. The van der Waals surface area contributed by atoms with Crippen molar-refractivity contribution in [1.29, 1.82) is 0 Å². The number of carbonyl (C=O) groups excluding carboxylic acids is 1. The topological polar surface area (TPSA) is 38.3 Å². The zero-order valence-electron chi connectivity index (χ0n) is 10.5. The van der Waals surface area contributed by atoms with Crippen LogP contribution in [0.4, 0.5) is 0 Å². The van der Waals surface area contributed by atoms with Gasteiger partial charge < -0.3 is 10.1 Å². The van der Waals surface area contributed by atoms with Crippen molar-refractivity contribution in [3.8, 4) is 0 Å². The first-order valence-electron chi connectivity index (χ1n) is 6.79. The molecule has 2 fully saturated rings. The van der Waals surface area contributed by atoms with Crippen molar-refractivity contribution in [2.24, 2.45) is 5.92 Å². The van der Waals surface area contributed by atoms with E-state index in [0.717, 1.165) is 25.9 Å². The Labute approximate surface area is 108 Å². The summed E-state index contributed by atoms with van der Waals surface area (Å²) < 4.78 is 5.50. The van der Waals surface area contributed by atoms with Gasteiger partial charge in [-0.15, -0.1) is 0 Å². The van der Waals surface area contributed by atoms with Crippen LogP contribution >= 0.6 is 0 Å².